The summed E-state index contributed by atoms with van der Waals surface area (Å²) in [6.45, 7) is 5.09. The maximum Gasteiger partial charge on any atom is 0.0382 e. The number of rotatable bonds is 1. The Bertz CT molecular complexity index is 554. The average molecular weight is 268 g/mol. The minimum absolute atomic E-state index is 0.425. The third kappa shape index (κ3) is 1.17. The highest BCUT2D eigenvalue weighted by molar-refractivity contribution is 5.64. The number of anilines is 1. The number of fused-ring (bicyclic) bond motifs is 2. The molecule has 1 spiro atoms. The van der Waals surface area contributed by atoms with Gasteiger partial charge in [0.05, 0.1) is 0 Å². The zero-order chi connectivity index (χ0) is 13.3. The van der Waals surface area contributed by atoms with E-state index in [-0.39, 0.29) is 0 Å². The maximum absolute atomic E-state index is 3.90. The predicted octanol–water partition coefficient (Wildman–Crippen LogP) is 3.24. The zero-order valence-corrected chi connectivity index (χ0v) is 12.3. The van der Waals surface area contributed by atoms with Gasteiger partial charge in [-0.1, -0.05) is 31.5 Å². The van der Waals surface area contributed by atoms with E-state index in [1.54, 1.807) is 5.56 Å². The van der Waals surface area contributed by atoms with Crippen LogP contribution in [0.15, 0.2) is 24.3 Å². The molecule has 5 rings (SSSR count). The van der Waals surface area contributed by atoms with Gasteiger partial charge in [-0.15, -0.1) is 0 Å². The fourth-order valence-electron chi connectivity index (χ4n) is 6.26. The van der Waals surface area contributed by atoms with Gasteiger partial charge in [-0.25, -0.2) is 0 Å². The molecule has 1 N–H and O–H groups in total. The van der Waals surface area contributed by atoms with Crippen molar-refractivity contribution in [2.24, 2.45) is 11.8 Å². The van der Waals surface area contributed by atoms with Crippen molar-refractivity contribution in [1.82, 2.24) is 4.90 Å². The van der Waals surface area contributed by atoms with Crippen LogP contribution < -0.4 is 5.32 Å². The first-order valence-corrected chi connectivity index (χ1v) is 8.44. The van der Waals surface area contributed by atoms with Crippen LogP contribution in [-0.4, -0.2) is 30.1 Å². The maximum atomic E-state index is 3.90. The van der Waals surface area contributed by atoms with Crippen molar-refractivity contribution in [1.29, 1.82) is 0 Å². The predicted molar refractivity (Wildman–Crippen MR) is 82.0 cm³/mol. The molecule has 1 aromatic rings. The Morgan fingerprint density at radius 3 is 3.10 bits per heavy atom. The number of hydrogen-bond donors (Lipinski definition) is 1. The molecule has 2 heteroatoms. The van der Waals surface area contributed by atoms with Gasteiger partial charge in [-0.2, -0.15) is 0 Å². The molecular weight excluding hydrogens is 244 g/mol. The molecule has 1 aliphatic carbocycles. The lowest BCUT2D eigenvalue weighted by atomic mass is 9.56. The molecule has 1 aromatic carbocycles. The van der Waals surface area contributed by atoms with Gasteiger partial charge in [0.2, 0.25) is 0 Å². The summed E-state index contributed by atoms with van der Waals surface area (Å²) < 4.78 is 0. The van der Waals surface area contributed by atoms with Crippen LogP contribution in [0.25, 0.3) is 0 Å². The fraction of sp³-hybridized carbons (Fsp3) is 0.667. The molecule has 2 saturated heterocycles. The van der Waals surface area contributed by atoms with Crippen molar-refractivity contribution in [3.8, 4) is 0 Å². The van der Waals surface area contributed by atoms with Crippen molar-refractivity contribution < 1.29 is 0 Å². The van der Waals surface area contributed by atoms with Crippen LogP contribution in [0.3, 0.4) is 0 Å². The second-order valence-corrected chi connectivity index (χ2v) is 7.37. The van der Waals surface area contributed by atoms with Crippen LogP contribution in [0, 0.1) is 11.8 Å². The van der Waals surface area contributed by atoms with E-state index in [1.807, 2.05) is 0 Å². The Morgan fingerprint density at radius 2 is 2.20 bits per heavy atom. The number of nitrogens with zero attached hydrogens (tertiary/aromatic N) is 1. The Labute approximate surface area is 121 Å². The van der Waals surface area contributed by atoms with Crippen LogP contribution >= 0.6 is 0 Å². The fourth-order valence-corrected chi connectivity index (χ4v) is 6.26. The average Bonchev–Trinajstić information content (AvgIpc) is 3.03. The van der Waals surface area contributed by atoms with Gasteiger partial charge >= 0.3 is 0 Å². The summed E-state index contributed by atoms with van der Waals surface area (Å²) in [4.78, 5) is 2.83. The Balaban J connectivity index is 1.72. The first kappa shape index (κ1) is 11.6. The van der Waals surface area contributed by atoms with Crippen molar-refractivity contribution in [2.45, 2.75) is 50.1 Å². The Kier molecular flexibility index (Phi) is 2.20. The summed E-state index contributed by atoms with van der Waals surface area (Å²) in [6, 6.07) is 10.7. The first-order chi connectivity index (χ1) is 9.84. The minimum Gasteiger partial charge on any atom is -0.381 e. The number of piperidine rings is 1. The van der Waals surface area contributed by atoms with Crippen molar-refractivity contribution in [3.63, 3.8) is 0 Å². The van der Waals surface area contributed by atoms with Crippen LogP contribution in [0.1, 0.15) is 38.2 Å². The topological polar surface area (TPSA) is 15.3 Å². The van der Waals surface area contributed by atoms with Crippen LogP contribution in [0.4, 0.5) is 5.69 Å². The largest absolute Gasteiger partial charge is 0.381 e. The van der Waals surface area contributed by atoms with Gasteiger partial charge in [-0.3, -0.25) is 4.90 Å². The molecule has 20 heavy (non-hydrogen) atoms. The zero-order valence-electron chi connectivity index (χ0n) is 12.3. The van der Waals surface area contributed by atoms with Crippen LogP contribution in [-0.2, 0) is 5.41 Å². The summed E-state index contributed by atoms with van der Waals surface area (Å²) in [5.74, 6) is 1.88. The van der Waals surface area contributed by atoms with Gasteiger partial charge in [-0.05, 0) is 55.8 Å². The molecule has 2 nitrogen and oxygen atoms in total. The summed E-state index contributed by atoms with van der Waals surface area (Å²) in [6.07, 6.45) is 5.56. The van der Waals surface area contributed by atoms with Crippen molar-refractivity contribution in [3.05, 3.63) is 29.8 Å². The smallest absolute Gasteiger partial charge is 0.0382 e. The highest BCUT2D eigenvalue weighted by Crippen LogP contribution is 2.60. The van der Waals surface area contributed by atoms with E-state index >= 15 is 0 Å². The third-order valence-electron chi connectivity index (χ3n) is 6.92. The SMILES string of the molecule is CCC1C2CCN3CCC4(c5ccccc5NC4C2)C13. The molecule has 5 atom stereocenters. The second kappa shape index (κ2) is 3.79. The van der Waals surface area contributed by atoms with Gasteiger partial charge in [0.25, 0.3) is 0 Å². The second-order valence-electron chi connectivity index (χ2n) is 7.37. The van der Waals surface area contributed by atoms with Gasteiger partial charge in [0.15, 0.2) is 0 Å². The molecule has 3 aliphatic heterocycles. The minimum atomic E-state index is 0.425. The molecule has 106 valence electrons. The third-order valence-corrected chi connectivity index (χ3v) is 6.92. The summed E-state index contributed by atoms with van der Waals surface area (Å²) in [5.41, 5.74) is 3.49. The van der Waals surface area contributed by atoms with Crippen molar-refractivity contribution >= 4 is 5.69 Å². The molecule has 4 aliphatic rings. The van der Waals surface area contributed by atoms with Crippen molar-refractivity contribution in [2.75, 3.05) is 18.4 Å². The van der Waals surface area contributed by atoms with E-state index in [0.717, 1.165) is 17.9 Å². The normalized spacial score (nSPS) is 44.9. The standard InChI is InChI=1S/C18H24N2/c1-2-13-12-7-9-20-10-8-18(17(13)20)14-5-3-4-6-15(14)19-16(18)11-12/h3-6,12-13,16-17,19H,2,7-11H2,1H3. The van der Waals surface area contributed by atoms with E-state index in [1.165, 1.54) is 44.5 Å². The summed E-state index contributed by atoms with van der Waals surface area (Å²) >= 11 is 0. The van der Waals surface area contributed by atoms with Crippen LogP contribution in [0.2, 0.25) is 0 Å². The molecule has 3 heterocycles. The van der Waals surface area contributed by atoms with Crippen LogP contribution in [0.5, 0.6) is 0 Å². The molecular formula is C18H24N2. The lowest BCUT2D eigenvalue weighted by Crippen LogP contribution is -2.62. The monoisotopic (exact) mass is 268 g/mol. The van der Waals surface area contributed by atoms with Gasteiger partial charge in [0.1, 0.15) is 0 Å². The number of para-hydroxylation sites is 1. The van der Waals surface area contributed by atoms with E-state index in [0.29, 0.717) is 11.5 Å². The lowest BCUT2D eigenvalue weighted by Gasteiger charge is -2.55. The molecule has 0 amide bonds. The molecule has 0 radical (unpaired) electrons. The van der Waals surface area contributed by atoms with Gasteiger partial charge < -0.3 is 5.32 Å². The number of benzene rings is 1. The molecule has 0 aromatic heterocycles. The van der Waals surface area contributed by atoms with E-state index in [9.17, 15) is 0 Å². The summed E-state index contributed by atoms with van der Waals surface area (Å²) in [7, 11) is 0. The molecule has 1 saturated carbocycles. The van der Waals surface area contributed by atoms with E-state index in [2.05, 4.69) is 41.4 Å². The Morgan fingerprint density at radius 1 is 1.30 bits per heavy atom. The number of hydrogen-bond acceptors (Lipinski definition) is 2. The molecule has 5 unspecified atom stereocenters. The molecule has 3 fully saturated rings. The van der Waals surface area contributed by atoms with E-state index in [4.69, 9.17) is 0 Å². The molecule has 2 bridgehead atoms. The quantitative estimate of drug-likeness (QED) is 0.841. The summed E-state index contributed by atoms with van der Waals surface area (Å²) in [5, 5.41) is 3.90. The van der Waals surface area contributed by atoms with E-state index < -0.39 is 0 Å². The highest BCUT2D eigenvalue weighted by atomic mass is 15.2. The Hall–Kier alpha value is -1.02. The van der Waals surface area contributed by atoms with Gasteiger partial charge in [0, 0.05) is 23.2 Å². The lowest BCUT2D eigenvalue weighted by molar-refractivity contribution is -0.000254. The first-order valence-electron chi connectivity index (χ1n) is 8.44. The highest BCUT2D eigenvalue weighted by Gasteiger charge is 2.64. The number of nitrogens with one attached hydrogen (secondary N) is 1.